The molecule has 3 heteroatoms. The number of hydrogen-bond donors (Lipinski definition) is 1. The zero-order valence-electron chi connectivity index (χ0n) is 8.09. The minimum Gasteiger partial charge on any atom is -0.379 e. The summed E-state index contributed by atoms with van der Waals surface area (Å²) in [4.78, 5) is 4.33. The Morgan fingerprint density at radius 2 is 2.38 bits per heavy atom. The van der Waals surface area contributed by atoms with Crippen molar-refractivity contribution in [1.29, 1.82) is 0 Å². The van der Waals surface area contributed by atoms with Gasteiger partial charge in [0, 0.05) is 26.1 Å². The van der Waals surface area contributed by atoms with Gasteiger partial charge in [0.15, 0.2) is 0 Å². The number of ether oxygens (including phenoxy) is 1. The van der Waals surface area contributed by atoms with E-state index in [1.165, 1.54) is 25.1 Å². The fourth-order valence-electron chi connectivity index (χ4n) is 1.49. The molecule has 0 aromatic rings. The molecule has 0 spiro atoms. The van der Waals surface area contributed by atoms with Crippen molar-refractivity contribution in [3.05, 3.63) is 0 Å². The Bertz CT molecular complexity index is 187. The Balaban J connectivity index is 1.43. The lowest BCUT2D eigenvalue weighted by atomic mass is 10.3. The van der Waals surface area contributed by atoms with Gasteiger partial charge in [0.05, 0.1) is 12.4 Å². The quantitative estimate of drug-likeness (QED) is 0.648. The lowest BCUT2D eigenvalue weighted by Crippen LogP contribution is -2.25. The van der Waals surface area contributed by atoms with Crippen LogP contribution in [-0.2, 0) is 4.74 Å². The van der Waals surface area contributed by atoms with Crippen molar-refractivity contribution in [2.45, 2.75) is 25.7 Å². The van der Waals surface area contributed by atoms with Crippen molar-refractivity contribution in [3.63, 3.8) is 0 Å². The summed E-state index contributed by atoms with van der Waals surface area (Å²) >= 11 is 0. The van der Waals surface area contributed by atoms with Crippen LogP contribution in [0.5, 0.6) is 0 Å². The summed E-state index contributed by atoms with van der Waals surface area (Å²) in [6, 6.07) is 0. The molecule has 1 aliphatic heterocycles. The molecule has 0 saturated heterocycles. The molecule has 1 N–H and O–H groups in total. The van der Waals surface area contributed by atoms with E-state index in [-0.39, 0.29) is 0 Å². The molecule has 2 rings (SSSR count). The molecule has 0 bridgehead atoms. The molecule has 13 heavy (non-hydrogen) atoms. The van der Waals surface area contributed by atoms with E-state index in [1.807, 2.05) is 0 Å². The van der Waals surface area contributed by atoms with Gasteiger partial charge in [-0.25, -0.2) is 0 Å². The van der Waals surface area contributed by atoms with Crippen LogP contribution in [0.1, 0.15) is 25.7 Å². The van der Waals surface area contributed by atoms with Crippen molar-refractivity contribution >= 4 is 5.84 Å². The van der Waals surface area contributed by atoms with Crippen molar-refractivity contribution in [2.75, 3.05) is 26.3 Å². The first kappa shape index (κ1) is 9.00. The molecule has 0 radical (unpaired) electrons. The van der Waals surface area contributed by atoms with Gasteiger partial charge in [-0.05, 0) is 25.2 Å². The highest BCUT2D eigenvalue weighted by atomic mass is 16.5. The molecule has 0 atom stereocenters. The van der Waals surface area contributed by atoms with Gasteiger partial charge in [0.25, 0.3) is 0 Å². The van der Waals surface area contributed by atoms with E-state index in [9.17, 15) is 0 Å². The minimum atomic E-state index is 0.829. The van der Waals surface area contributed by atoms with Crippen LogP contribution >= 0.6 is 0 Å². The molecule has 2 aliphatic rings. The monoisotopic (exact) mass is 182 g/mol. The summed E-state index contributed by atoms with van der Waals surface area (Å²) in [6.45, 7) is 3.72. The number of nitrogens with zero attached hydrogens (tertiary/aromatic N) is 1. The molecular weight excluding hydrogens is 164 g/mol. The Labute approximate surface area is 79.6 Å². The zero-order chi connectivity index (χ0) is 8.93. The normalized spacial score (nSPS) is 21.7. The molecule has 0 amide bonds. The second-order valence-corrected chi connectivity index (χ2v) is 3.88. The lowest BCUT2D eigenvalue weighted by molar-refractivity contribution is 0.129. The van der Waals surface area contributed by atoms with E-state index in [1.54, 1.807) is 0 Å². The zero-order valence-corrected chi connectivity index (χ0v) is 8.09. The predicted molar refractivity (Wildman–Crippen MR) is 53.1 cm³/mol. The van der Waals surface area contributed by atoms with Gasteiger partial charge >= 0.3 is 0 Å². The third-order valence-corrected chi connectivity index (χ3v) is 2.50. The maximum atomic E-state index is 5.50. The van der Waals surface area contributed by atoms with E-state index in [0.29, 0.717) is 0 Å². The van der Waals surface area contributed by atoms with Gasteiger partial charge in [-0.1, -0.05) is 0 Å². The second kappa shape index (κ2) is 4.61. The molecule has 0 unspecified atom stereocenters. The minimum absolute atomic E-state index is 0.829. The van der Waals surface area contributed by atoms with E-state index in [0.717, 1.165) is 38.6 Å². The third kappa shape index (κ3) is 3.35. The summed E-state index contributed by atoms with van der Waals surface area (Å²) < 4.78 is 5.50. The summed E-state index contributed by atoms with van der Waals surface area (Å²) in [5.41, 5.74) is 0. The maximum Gasteiger partial charge on any atom is 0.0964 e. The Hall–Kier alpha value is -0.570. The highest BCUT2D eigenvalue weighted by molar-refractivity contribution is 5.83. The van der Waals surface area contributed by atoms with Crippen LogP contribution in [0, 0.1) is 5.92 Å². The molecule has 1 saturated carbocycles. The van der Waals surface area contributed by atoms with Crippen LogP contribution in [-0.4, -0.2) is 32.1 Å². The molecular formula is C10H18N2O. The van der Waals surface area contributed by atoms with E-state index in [2.05, 4.69) is 10.3 Å². The summed E-state index contributed by atoms with van der Waals surface area (Å²) in [5, 5.41) is 3.30. The SMILES string of the molecule is C1CN=C(NCCOCC2CC2)C1. The molecule has 1 fully saturated rings. The average Bonchev–Trinajstić information content (AvgIpc) is 2.81. The number of aliphatic imine (C=N–C) groups is 1. The van der Waals surface area contributed by atoms with Gasteiger partial charge in [0.2, 0.25) is 0 Å². The van der Waals surface area contributed by atoms with E-state index < -0.39 is 0 Å². The smallest absolute Gasteiger partial charge is 0.0964 e. The van der Waals surface area contributed by atoms with Gasteiger partial charge in [-0.2, -0.15) is 0 Å². The van der Waals surface area contributed by atoms with Crippen LogP contribution in [0.3, 0.4) is 0 Å². The van der Waals surface area contributed by atoms with Crippen molar-refractivity contribution in [1.82, 2.24) is 5.32 Å². The number of hydrogen-bond acceptors (Lipinski definition) is 3. The molecule has 0 aromatic heterocycles. The molecule has 74 valence electrons. The molecule has 3 nitrogen and oxygen atoms in total. The summed E-state index contributed by atoms with van der Waals surface area (Å²) in [5.74, 6) is 2.05. The topological polar surface area (TPSA) is 33.6 Å². The van der Waals surface area contributed by atoms with Crippen LogP contribution in [0.2, 0.25) is 0 Å². The standard InChI is InChI=1S/C10H18N2O/c1-2-10(11-5-1)12-6-7-13-8-9-3-4-9/h9H,1-8H2,(H,11,12). The first-order chi connectivity index (χ1) is 6.45. The molecule has 0 aromatic carbocycles. The lowest BCUT2D eigenvalue weighted by Gasteiger charge is -2.05. The Morgan fingerprint density at radius 3 is 3.08 bits per heavy atom. The van der Waals surface area contributed by atoms with Crippen LogP contribution < -0.4 is 5.32 Å². The first-order valence-corrected chi connectivity index (χ1v) is 5.30. The van der Waals surface area contributed by atoms with Crippen LogP contribution in [0.15, 0.2) is 4.99 Å². The average molecular weight is 182 g/mol. The molecule has 1 heterocycles. The highest BCUT2D eigenvalue weighted by Crippen LogP contribution is 2.28. The van der Waals surface area contributed by atoms with Gasteiger partial charge < -0.3 is 10.1 Å². The van der Waals surface area contributed by atoms with Crippen molar-refractivity contribution in [3.8, 4) is 0 Å². The largest absolute Gasteiger partial charge is 0.379 e. The van der Waals surface area contributed by atoms with Crippen molar-refractivity contribution < 1.29 is 4.74 Å². The number of amidine groups is 1. The second-order valence-electron chi connectivity index (χ2n) is 3.88. The first-order valence-electron chi connectivity index (χ1n) is 5.30. The maximum absolute atomic E-state index is 5.50. The Kier molecular flexibility index (Phi) is 3.19. The fourth-order valence-corrected chi connectivity index (χ4v) is 1.49. The summed E-state index contributed by atoms with van der Waals surface area (Å²) in [6.07, 6.45) is 5.09. The van der Waals surface area contributed by atoms with Crippen LogP contribution in [0.4, 0.5) is 0 Å². The Morgan fingerprint density at radius 1 is 1.46 bits per heavy atom. The number of rotatable bonds is 5. The van der Waals surface area contributed by atoms with E-state index in [4.69, 9.17) is 4.74 Å². The molecule has 1 aliphatic carbocycles. The summed E-state index contributed by atoms with van der Waals surface area (Å²) in [7, 11) is 0. The van der Waals surface area contributed by atoms with Crippen LogP contribution in [0.25, 0.3) is 0 Å². The third-order valence-electron chi connectivity index (χ3n) is 2.50. The fraction of sp³-hybridized carbons (Fsp3) is 0.900. The predicted octanol–water partition coefficient (Wildman–Crippen LogP) is 1.19. The van der Waals surface area contributed by atoms with Gasteiger partial charge in [-0.3, -0.25) is 4.99 Å². The number of nitrogens with one attached hydrogen (secondary N) is 1. The van der Waals surface area contributed by atoms with E-state index >= 15 is 0 Å². The van der Waals surface area contributed by atoms with Gasteiger partial charge in [0.1, 0.15) is 0 Å². The highest BCUT2D eigenvalue weighted by Gasteiger charge is 2.20. The van der Waals surface area contributed by atoms with Crippen molar-refractivity contribution in [2.24, 2.45) is 10.9 Å². The van der Waals surface area contributed by atoms with Gasteiger partial charge in [-0.15, -0.1) is 0 Å².